The van der Waals surface area contributed by atoms with Crippen LogP contribution < -0.4 is 10.2 Å². The number of carbonyl (C=O) groups excluding carboxylic acids is 1. The number of hydrogen-bond acceptors (Lipinski definition) is 4. The quantitative estimate of drug-likeness (QED) is 0.448. The molecule has 0 radical (unpaired) electrons. The van der Waals surface area contributed by atoms with Gasteiger partial charge in [0.15, 0.2) is 11.6 Å². The zero-order valence-corrected chi connectivity index (χ0v) is 18.0. The van der Waals surface area contributed by atoms with Crippen LogP contribution in [-0.2, 0) is 4.79 Å². The number of anilines is 2. The van der Waals surface area contributed by atoms with Gasteiger partial charge in [0.05, 0.1) is 22.3 Å². The average molecular weight is 441 g/mol. The van der Waals surface area contributed by atoms with E-state index in [4.69, 9.17) is 11.6 Å². The number of benzene rings is 1. The normalized spacial score (nSPS) is 13.8. The number of carbonyl (C=O) groups is 1. The van der Waals surface area contributed by atoms with E-state index in [0.717, 1.165) is 29.3 Å². The van der Waals surface area contributed by atoms with Crippen LogP contribution in [0.1, 0.15) is 26.7 Å². The van der Waals surface area contributed by atoms with Gasteiger partial charge in [-0.25, -0.2) is 8.91 Å². The minimum absolute atomic E-state index is 0.000780. The van der Waals surface area contributed by atoms with E-state index in [1.165, 1.54) is 0 Å². The first-order chi connectivity index (χ1) is 15.0. The number of aromatic amines is 1. The molecule has 1 aromatic carbocycles. The number of rotatable bonds is 6. The number of pyridine rings is 1. The maximum Gasteiger partial charge on any atom is 0.228 e. The van der Waals surface area contributed by atoms with E-state index in [1.54, 1.807) is 23.0 Å². The molecule has 0 spiro atoms. The van der Waals surface area contributed by atoms with Crippen LogP contribution in [0.4, 0.5) is 15.9 Å². The molecule has 0 saturated heterocycles. The smallest absolute Gasteiger partial charge is 0.228 e. The van der Waals surface area contributed by atoms with Crippen LogP contribution >= 0.6 is 11.6 Å². The molecule has 0 aliphatic heterocycles. The van der Waals surface area contributed by atoms with Gasteiger partial charge in [0.2, 0.25) is 5.91 Å². The number of nitrogens with one attached hydrogen (secondary N) is 2. The van der Waals surface area contributed by atoms with Crippen molar-refractivity contribution in [1.82, 2.24) is 19.8 Å². The summed E-state index contributed by atoms with van der Waals surface area (Å²) in [6.45, 7) is 5.24. The molecule has 4 aromatic rings. The molecule has 160 valence electrons. The third-order valence-electron chi connectivity index (χ3n) is 5.80. The van der Waals surface area contributed by atoms with Crippen molar-refractivity contribution in [2.75, 3.05) is 23.3 Å². The Morgan fingerprint density at radius 2 is 2.13 bits per heavy atom. The van der Waals surface area contributed by atoms with Gasteiger partial charge in [0.25, 0.3) is 0 Å². The lowest BCUT2D eigenvalue weighted by molar-refractivity contribution is -0.117. The van der Waals surface area contributed by atoms with Gasteiger partial charge < -0.3 is 10.2 Å². The van der Waals surface area contributed by atoms with Crippen molar-refractivity contribution in [3.8, 4) is 11.1 Å². The summed E-state index contributed by atoms with van der Waals surface area (Å²) in [5.74, 6) is 0.126. The zero-order valence-electron chi connectivity index (χ0n) is 17.2. The van der Waals surface area contributed by atoms with E-state index in [0.29, 0.717) is 35.7 Å². The number of hydrogen-bond donors (Lipinski definition) is 2. The first kappa shape index (κ1) is 19.8. The molecule has 1 aliphatic rings. The highest BCUT2D eigenvalue weighted by molar-refractivity contribution is 6.36. The monoisotopic (exact) mass is 440 g/mol. The number of nitrogens with zero attached hydrogens (tertiary/aromatic N) is 4. The number of fused-ring (bicyclic) bond motifs is 2. The minimum atomic E-state index is -0.470. The highest BCUT2D eigenvalue weighted by Gasteiger charge is 2.30. The summed E-state index contributed by atoms with van der Waals surface area (Å²) < 4.78 is 17.1. The second-order valence-electron chi connectivity index (χ2n) is 7.76. The fourth-order valence-corrected chi connectivity index (χ4v) is 4.30. The molecule has 31 heavy (non-hydrogen) atoms. The van der Waals surface area contributed by atoms with Gasteiger partial charge in [-0.05, 0) is 44.4 Å². The molecular weight excluding hydrogens is 419 g/mol. The second kappa shape index (κ2) is 7.53. The zero-order chi connectivity index (χ0) is 21.7. The van der Waals surface area contributed by atoms with Crippen molar-refractivity contribution in [1.29, 1.82) is 0 Å². The van der Waals surface area contributed by atoms with E-state index in [2.05, 4.69) is 20.6 Å². The van der Waals surface area contributed by atoms with Gasteiger partial charge in [-0.3, -0.25) is 9.89 Å². The van der Waals surface area contributed by atoms with E-state index in [9.17, 15) is 4.79 Å². The summed E-state index contributed by atoms with van der Waals surface area (Å²) in [6.07, 6.45) is 5.30. The Morgan fingerprint density at radius 3 is 2.84 bits per heavy atom. The Morgan fingerprint density at radius 1 is 1.35 bits per heavy atom. The Balaban J connectivity index is 1.62. The SMILES string of the molecule is CCN(CC)c1c(F)c(Cl)c(-c2ccn3nc(NC(=O)C4CC4)cc3c2)c2cn[nH]c12. The lowest BCUT2D eigenvalue weighted by Crippen LogP contribution is -2.23. The Labute approximate surface area is 183 Å². The molecule has 9 heteroatoms. The van der Waals surface area contributed by atoms with E-state index in [-0.39, 0.29) is 16.8 Å². The Bertz CT molecular complexity index is 1300. The van der Waals surface area contributed by atoms with Gasteiger partial charge in [-0.1, -0.05) is 11.6 Å². The summed E-state index contributed by atoms with van der Waals surface area (Å²) in [6, 6.07) is 5.51. The molecule has 1 amide bonds. The van der Waals surface area contributed by atoms with E-state index >= 15 is 4.39 Å². The predicted octanol–water partition coefficient (Wildman–Crippen LogP) is 4.86. The molecule has 5 rings (SSSR count). The summed E-state index contributed by atoms with van der Waals surface area (Å²) in [4.78, 5) is 14.0. The molecular formula is C22H22ClFN6O. The number of halogens is 2. The molecule has 1 fully saturated rings. The van der Waals surface area contributed by atoms with Crippen LogP contribution in [-0.4, -0.2) is 38.8 Å². The van der Waals surface area contributed by atoms with Crippen molar-refractivity contribution in [2.24, 2.45) is 5.92 Å². The molecule has 7 nitrogen and oxygen atoms in total. The minimum Gasteiger partial charge on any atom is -0.368 e. The number of amides is 1. The van der Waals surface area contributed by atoms with Gasteiger partial charge in [-0.2, -0.15) is 10.2 Å². The lowest BCUT2D eigenvalue weighted by Gasteiger charge is -2.24. The van der Waals surface area contributed by atoms with Crippen LogP contribution in [0.2, 0.25) is 5.02 Å². The van der Waals surface area contributed by atoms with Crippen molar-refractivity contribution in [2.45, 2.75) is 26.7 Å². The molecule has 1 saturated carbocycles. The Kier molecular flexibility index (Phi) is 4.81. The first-order valence-corrected chi connectivity index (χ1v) is 10.8. The highest BCUT2D eigenvalue weighted by Crippen LogP contribution is 2.43. The molecule has 0 atom stereocenters. The van der Waals surface area contributed by atoms with Crippen LogP contribution in [0.15, 0.2) is 30.6 Å². The summed E-state index contributed by atoms with van der Waals surface area (Å²) in [7, 11) is 0. The molecule has 0 bridgehead atoms. The fraction of sp³-hybridized carbons (Fsp3) is 0.318. The largest absolute Gasteiger partial charge is 0.368 e. The number of H-pyrrole nitrogens is 1. The molecule has 0 unspecified atom stereocenters. The van der Waals surface area contributed by atoms with Gasteiger partial charge >= 0.3 is 0 Å². The van der Waals surface area contributed by atoms with E-state index in [1.807, 2.05) is 30.9 Å². The van der Waals surface area contributed by atoms with Crippen molar-refractivity contribution in [3.05, 3.63) is 41.4 Å². The first-order valence-electron chi connectivity index (χ1n) is 10.4. The maximum absolute atomic E-state index is 15.4. The second-order valence-corrected chi connectivity index (χ2v) is 8.14. The van der Waals surface area contributed by atoms with Crippen molar-refractivity contribution in [3.63, 3.8) is 0 Å². The van der Waals surface area contributed by atoms with E-state index < -0.39 is 5.82 Å². The molecule has 2 N–H and O–H groups in total. The fourth-order valence-electron chi connectivity index (χ4n) is 4.00. The highest BCUT2D eigenvalue weighted by atomic mass is 35.5. The van der Waals surface area contributed by atoms with Crippen molar-refractivity contribution >= 4 is 45.4 Å². The summed E-state index contributed by atoms with van der Waals surface area (Å²) >= 11 is 6.57. The van der Waals surface area contributed by atoms with Gasteiger partial charge in [0, 0.05) is 42.2 Å². The Hall–Kier alpha value is -3.13. The maximum atomic E-state index is 15.4. The topological polar surface area (TPSA) is 78.3 Å². The molecule has 3 aromatic heterocycles. The third kappa shape index (κ3) is 3.31. The summed E-state index contributed by atoms with van der Waals surface area (Å²) in [5.41, 5.74) is 3.14. The standard InChI is InChI=1S/C22H22ClFN6O/c1-3-29(4-2)21-19(24)18(23)17(15-11-25-27-20(15)21)13-7-8-30-14(9-13)10-16(28-30)26-22(31)12-5-6-12/h7-12H,3-6H2,1-2H3,(H,25,27)(H,26,28,31). The predicted molar refractivity (Wildman–Crippen MR) is 120 cm³/mol. The van der Waals surface area contributed by atoms with Crippen LogP contribution in [0, 0.1) is 11.7 Å². The molecule has 3 heterocycles. The van der Waals surface area contributed by atoms with Crippen LogP contribution in [0.25, 0.3) is 27.5 Å². The van der Waals surface area contributed by atoms with Crippen LogP contribution in [0.5, 0.6) is 0 Å². The summed E-state index contributed by atoms with van der Waals surface area (Å²) in [5, 5.41) is 15.2. The third-order valence-corrected chi connectivity index (χ3v) is 6.15. The van der Waals surface area contributed by atoms with Crippen LogP contribution in [0.3, 0.4) is 0 Å². The average Bonchev–Trinajstić information content (AvgIpc) is 3.39. The number of aromatic nitrogens is 4. The lowest BCUT2D eigenvalue weighted by atomic mass is 10.0. The van der Waals surface area contributed by atoms with Gasteiger partial charge in [0.1, 0.15) is 5.69 Å². The van der Waals surface area contributed by atoms with Gasteiger partial charge in [-0.15, -0.1) is 0 Å². The molecule has 1 aliphatic carbocycles. The van der Waals surface area contributed by atoms with Crippen molar-refractivity contribution < 1.29 is 9.18 Å².